The highest BCUT2D eigenvalue weighted by Crippen LogP contribution is 2.42. The highest BCUT2D eigenvalue weighted by atomic mass is 32.2. The average Bonchev–Trinajstić information content (AvgIpc) is 3.20. The van der Waals surface area contributed by atoms with Gasteiger partial charge in [-0.1, -0.05) is 133 Å². The standard InChI is InChI=1S/C49H30O2S/c50-52(51)48-23-19-30(32-17-21-44-40-13-3-1-9-36(40)38-11-5-7-15-42(38)46(44)28-32)25-34(48)27-35-26-31(20-24-49(35)52)33-18-22-45-41-14-4-2-10-37(41)39-12-6-8-16-43(39)47(45)29-33/h1-26,28-29H,27H2. The van der Waals surface area contributed by atoms with Gasteiger partial charge in [0.15, 0.2) is 0 Å². The topological polar surface area (TPSA) is 34.1 Å². The monoisotopic (exact) mass is 682 g/mol. The van der Waals surface area contributed by atoms with Gasteiger partial charge in [-0.3, -0.25) is 0 Å². The number of rotatable bonds is 2. The predicted molar refractivity (Wildman–Crippen MR) is 217 cm³/mol. The predicted octanol–water partition coefficient (Wildman–Crippen LogP) is 12.7. The van der Waals surface area contributed by atoms with E-state index in [9.17, 15) is 8.42 Å². The molecule has 0 radical (unpaired) electrons. The number of fused-ring (bicyclic) bond motifs is 14. The summed E-state index contributed by atoms with van der Waals surface area (Å²) in [5, 5.41) is 14.7. The fourth-order valence-electron chi connectivity index (χ4n) is 8.82. The van der Waals surface area contributed by atoms with E-state index in [-0.39, 0.29) is 0 Å². The van der Waals surface area contributed by atoms with Gasteiger partial charge in [0.05, 0.1) is 9.79 Å². The lowest BCUT2D eigenvalue weighted by Crippen LogP contribution is -2.14. The third-order valence-corrected chi connectivity index (χ3v) is 13.2. The Morgan fingerprint density at radius 1 is 0.288 bits per heavy atom. The van der Waals surface area contributed by atoms with Gasteiger partial charge in [-0.05, 0) is 134 Å². The molecule has 0 aromatic heterocycles. The largest absolute Gasteiger partial charge is 0.218 e. The van der Waals surface area contributed by atoms with Crippen molar-refractivity contribution < 1.29 is 8.42 Å². The number of hydrogen-bond acceptors (Lipinski definition) is 2. The maximum absolute atomic E-state index is 14.1. The second-order valence-electron chi connectivity index (χ2n) is 14.0. The lowest BCUT2D eigenvalue weighted by atomic mass is 9.91. The molecule has 0 fully saturated rings. The average molecular weight is 683 g/mol. The Labute approximate surface area is 301 Å². The molecule has 0 unspecified atom stereocenters. The number of hydrogen-bond donors (Lipinski definition) is 0. The maximum atomic E-state index is 14.1. The van der Waals surface area contributed by atoms with Crippen molar-refractivity contribution in [3.8, 4) is 22.3 Å². The van der Waals surface area contributed by atoms with E-state index in [4.69, 9.17) is 0 Å². The molecule has 1 heterocycles. The van der Waals surface area contributed by atoms with Gasteiger partial charge in [-0.2, -0.15) is 0 Å². The Balaban J connectivity index is 1.03. The van der Waals surface area contributed by atoms with Crippen LogP contribution in [0, 0.1) is 0 Å². The molecule has 1 aliphatic rings. The van der Waals surface area contributed by atoms with E-state index in [1.165, 1.54) is 64.6 Å². The summed E-state index contributed by atoms with van der Waals surface area (Å²) < 4.78 is 28.2. The molecule has 0 amide bonds. The van der Waals surface area contributed by atoms with Crippen LogP contribution in [-0.4, -0.2) is 8.42 Å². The number of sulfone groups is 1. The van der Waals surface area contributed by atoms with Gasteiger partial charge in [0, 0.05) is 6.42 Å². The maximum Gasteiger partial charge on any atom is 0.207 e. The third kappa shape index (κ3) is 4.20. The van der Waals surface area contributed by atoms with Crippen LogP contribution in [0.3, 0.4) is 0 Å². The Morgan fingerprint density at radius 2 is 0.558 bits per heavy atom. The molecule has 0 N–H and O–H groups in total. The summed E-state index contributed by atoms with van der Waals surface area (Å²) in [6.45, 7) is 0. The summed E-state index contributed by atoms with van der Waals surface area (Å²) in [6, 6.07) is 59.4. The van der Waals surface area contributed by atoms with Crippen LogP contribution in [0.1, 0.15) is 11.1 Å². The van der Waals surface area contributed by atoms with Crippen LogP contribution in [0.4, 0.5) is 0 Å². The Kier molecular flexibility index (Phi) is 6.15. The summed E-state index contributed by atoms with van der Waals surface area (Å²) in [6.07, 6.45) is 0.549. The first-order chi connectivity index (χ1) is 25.5. The first-order valence-electron chi connectivity index (χ1n) is 17.7. The molecule has 1 aliphatic heterocycles. The van der Waals surface area contributed by atoms with E-state index in [1.54, 1.807) is 12.1 Å². The molecule has 0 bridgehead atoms. The highest BCUT2D eigenvalue weighted by Gasteiger charge is 2.30. The van der Waals surface area contributed by atoms with Gasteiger partial charge in [0.2, 0.25) is 9.84 Å². The molecule has 244 valence electrons. The minimum Gasteiger partial charge on any atom is -0.218 e. The van der Waals surface area contributed by atoms with Crippen molar-refractivity contribution >= 4 is 74.5 Å². The quantitative estimate of drug-likeness (QED) is 0.170. The van der Waals surface area contributed by atoms with E-state index >= 15 is 0 Å². The summed E-state index contributed by atoms with van der Waals surface area (Å²) >= 11 is 0. The van der Waals surface area contributed by atoms with Crippen molar-refractivity contribution in [2.75, 3.05) is 0 Å². The van der Waals surface area contributed by atoms with Crippen LogP contribution >= 0.6 is 0 Å². The van der Waals surface area contributed by atoms with Gasteiger partial charge in [-0.25, -0.2) is 8.42 Å². The van der Waals surface area contributed by atoms with Crippen molar-refractivity contribution in [1.29, 1.82) is 0 Å². The minimum atomic E-state index is -3.67. The SMILES string of the molecule is O=S1(=O)c2ccc(-c3ccc4c5ccccc5c5ccccc5c4c3)cc2Cc2cc(-c3ccc4c5ccccc5c5ccccc5c4c3)ccc21. The summed E-state index contributed by atoms with van der Waals surface area (Å²) in [7, 11) is -3.67. The molecule has 52 heavy (non-hydrogen) atoms. The molecule has 0 spiro atoms. The van der Waals surface area contributed by atoms with E-state index in [1.807, 2.05) is 12.1 Å². The first kappa shape index (κ1) is 29.4. The molecule has 10 aromatic rings. The molecule has 3 heteroatoms. The molecule has 11 rings (SSSR count). The second-order valence-corrected chi connectivity index (χ2v) is 15.9. The van der Waals surface area contributed by atoms with E-state index < -0.39 is 9.84 Å². The zero-order valence-corrected chi connectivity index (χ0v) is 28.9. The molecule has 0 atom stereocenters. The third-order valence-electron chi connectivity index (χ3n) is 11.2. The molecular formula is C49H30O2S. The van der Waals surface area contributed by atoms with Crippen molar-refractivity contribution in [1.82, 2.24) is 0 Å². The summed E-state index contributed by atoms with van der Waals surface area (Å²) in [5.41, 5.74) is 5.85. The molecule has 2 nitrogen and oxygen atoms in total. The van der Waals surface area contributed by atoms with Crippen LogP contribution in [0.25, 0.3) is 86.9 Å². The highest BCUT2D eigenvalue weighted by molar-refractivity contribution is 7.91. The number of benzene rings is 10. The van der Waals surface area contributed by atoms with Crippen LogP contribution < -0.4 is 0 Å². The van der Waals surface area contributed by atoms with Crippen LogP contribution in [0.15, 0.2) is 180 Å². The van der Waals surface area contributed by atoms with Gasteiger partial charge in [-0.15, -0.1) is 0 Å². The van der Waals surface area contributed by atoms with E-state index in [0.717, 1.165) is 33.4 Å². The zero-order chi connectivity index (χ0) is 34.6. The fraction of sp³-hybridized carbons (Fsp3) is 0.0204. The fourth-order valence-corrected chi connectivity index (χ4v) is 10.5. The lowest BCUT2D eigenvalue weighted by Gasteiger charge is -2.22. The minimum absolute atomic E-state index is 0.401. The Bertz CT molecular complexity index is 3000. The van der Waals surface area contributed by atoms with Crippen LogP contribution in [0.5, 0.6) is 0 Å². The molecule has 10 aromatic carbocycles. The van der Waals surface area contributed by atoms with Gasteiger partial charge in [0.1, 0.15) is 0 Å². The summed E-state index contributed by atoms with van der Waals surface area (Å²) in [4.78, 5) is 0.801. The van der Waals surface area contributed by atoms with Gasteiger partial charge < -0.3 is 0 Å². The first-order valence-corrected chi connectivity index (χ1v) is 19.2. The van der Waals surface area contributed by atoms with Crippen molar-refractivity contribution in [3.05, 3.63) is 181 Å². The van der Waals surface area contributed by atoms with Gasteiger partial charge in [0.25, 0.3) is 0 Å². The smallest absolute Gasteiger partial charge is 0.207 e. The molecule has 0 saturated carbocycles. The Hall–Kier alpha value is -6.29. The van der Waals surface area contributed by atoms with Crippen molar-refractivity contribution in [3.63, 3.8) is 0 Å². The molecular weight excluding hydrogens is 653 g/mol. The van der Waals surface area contributed by atoms with Crippen LogP contribution in [-0.2, 0) is 16.3 Å². The van der Waals surface area contributed by atoms with E-state index in [0.29, 0.717) is 16.2 Å². The second kappa shape index (κ2) is 10.9. The summed E-state index contributed by atoms with van der Waals surface area (Å²) in [5.74, 6) is 0. The van der Waals surface area contributed by atoms with Crippen LogP contribution in [0.2, 0.25) is 0 Å². The Morgan fingerprint density at radius 3 is 0.904 bits per heavy atom. The van der Waals surface area contributed by atoms with E-state index in [2.05, 4.69) is 146 Å². The molecule has 0 aliphatic carbocycles. The molecule has 0 saturated heterocycles. The lowest BCUT2D eigenvalue weighted by molar-refractivity contribution is 0.591. The normalized spacial score (nSPS) is 13.6. The van der Waals surface area contributed by atoms with Crippen molar-refractivity contribution in [2.24, 2.45) is 0 Å². The zero-order valence-electron chi connectivity index (χ0n) is 28.1. The van der Waals surface area contributed by atoms with Gasteiger partial charge >= 0.3 is 0 Å². The van der Waals surface area contributed by atoms with Crippen molar-refractivity contribution in [2.45, 2.75) is 16.2 Å².